The van der Waals surface area contributed by atoms with Crippen molar-refractivity contribution in [3.8, 4) is 0 Å². The molecule has 23 heavy (non-hydrogen) atoms. The summed E-state index contributed by atoms with van der Waals surface area (Å²) in [6.07, 6.45) is 3.92. The first-order valence-corrected chi connectivity index (χ1v) is 8.78. The Balaban J connectivity index is 1.47. The monoisotopic (exact) mass is 309 g/mol. The largest absolute Gasteiger partial charge is 0.376 e. The molecule has 0 aromatic heterocycles. The molecule has 122 valence electrons. The lowest BCUT2D eigenvalue weighted by atomic mass is 10.0. The standard InChI is InChI=1S/C21H27NO/c1-3-9-19(10-4-1)15-22-14-8-7-13-21(16-22)18-23-17-20-11-5-2-6-12-20/h1-6,9-12,21H,7-8,13-18H2. The van der Waals surface area contributed by atoms with Crippen molar-refractivity contribution in [2.45, 2.75) is 32.4 Å². The minimum Gasteiger partial charge on any atom is -0.376 e. The van der Waals surface area contributed by atoms with Crippen molar-refractivity contribution >= 4 is 0 Å². The molecule has 0 aliphatic carbocycles. The van der Waals surface area contributed by atoms with Crippen LogP contribution in [0.25, 0.3) is 0 Å². The van der Waals surface area contributed by atoms with Crippen LogP contribution in [-0.2, 0) is 17.9 Å². The average molecular weight is 309 g/mol. The molecule has 2 aromatic carbocycles. The van der Waals surface area contributed by atoms with Gasteiger partial charge >= 0.3 is 0 Å². The van der Waals surface area contributed by atoms with E-state index < -0.39 is 0 Å². The summed E-state index contributed by atoms with van der Waals surface area (Å²) in [5.41, 5.74) is 2.68. The van der Waals surface area contributed by atoms with Gasteiger partial charge in [0, 0.05) is 13.1 Å². The van der Waals surface area contributed by atoms with Crippen LogP contribution >= 0.6 is 0 Å². The predicted molar refractivity (Wildman–Crippen MR) is 95.2 cm³/mol. The van der Waals surface area contributed by atoms with E-state index in [2.05, 4.69) is 65.6 Å². The van der Waals surface area contributed by atoms with E-state index in [-0.39, 0.29) is 0 Å². The van der Waals surface area contributed by atoms with E-state index in [4.69, 9.17) is 4.74 Å². The van der Waals surface area contributed by atoms with E-state index in [1.807, 2.05) is 0 Å². The second-order valence-corrected chi connectivity index (χ2v) is 6.58. The summed E-state index contributed by atoms with van der Waals surface area (Å²) >= 11 is 0. The van der Waals surface area contributed by atoms with Crippen molar-refractivity contribution in [2.75, 3.05) is 19.7 Å². The highest BCUT2D eigenvalue weighted by Crippen LogP contribution is 2.19. The second kappa shape index (κ2) is 8.85. The fourth-order valence-corrected chi connectivity index (χ4v) is 3.36. The van der Waals surface area contributed by atoms with Crippen LogP contribution in [0.5, 0.6) is 0 Å². The van der Waals surface area contributed by atoms with Gasteiger partial charge in [-0.05, 0) is 36.4 Å². The van der Waals surface area contributed by atoms with Gasteiger partial charge in [-0.1, -0.05) is 67.1 Å². The van der Waals surface area contributed by atoms with Crippen LogP contribution < -0.4 is 0 Å². The number of hydrogen-bond donors (Lipinski definition) is 0. The minimum atomic E-state index is 0.657. The Bertz CT molecular complexity index is 555. The lowest BCUT2D eigenvalue weighted by Crippen LogP contribution is -2.29. The smallest absolute Gasteiger partial charge is 0.0717 e. The number of ether oxygens (including phenoxy) is 1. The summed E-state index contributed by atoms with van der Waals surface area (Å²) in [5.74, 6) is 0.657. The van der Waals surface area contributed by atoms with Gasteiger partial charge in [0.2, 0.25) is 0 Å². The number of hydrogen-bond acceptors (Lipinski definition) is 2. The molecule has 1 atom stereocenters. The third kappa shape index (κ3) is 5.49. The molecule has 2 aromatic rings. The molecule has 0 bridgehead atoms. The summed E-state index contributed by atoms with van der Waals surface area (Å²) < 4.78 is 5.99. The number of nitrogens with zero attached hydrogens (tertiary/aromatic N) is 1. The zero-order valence-corrected chi connectivity index (χ0v) is 13.9. The first kappa shape index (κ1) is 16.2. The summed E-state index contributed by atoms with van der Waals surface area (Å²) in [5, 5.41) is 0. The lowest BCUT2D eigenvalue weighted by Gasteiger charge is -2.24. The quantitative estimate of drug-likeness (QED) is 0.778. The fourth-order valence-electron chi connectivity index (χ4n) is 3.36. The normalized spacial score (nSPS) is 19.4. The van der Waals surface area contributed by atoms with Crippen LogP contribution in [0.1, 0.15) is 30.4 Å². The topological polar surface area (TPSA) is 12.5 Å². The van der Waals surface area contributed by atoms with Gasteiger partial charge in [-0.25, -0.2) is 0 Å². The van der Waals surface area contributed by atoms with Crippen molar-refractivity contribution in [1.29, 1.82) is 0 Å². The lowest BCUT2D eigenvalue weighted by molar-refractivity contribution is 0.0718. The zero-order chi connectivity index (χ0) is 15.7. The van der Waals surface area contributed by atoms with Crippen LogP contribution in [-0.4, -0.2) is 24.6 Å². The summed E-state index contributed by atoms with van der Waals surface area (Å²) in [7, 11) is 0. The van der Waals surface area contributed by atoms with Gasteiger partial charge in [0.1, 0.15) is 0 Å². The Hall–Kier alpha value is -1.64. The Morgan fingerprint density at radius 1 is 0.870 bits per heavy atom. The van der Waals surface area contributed by atoms with Crippen molar-refractivity contribution in [2.24, 2.45) is 5.92 Å². The first-order chi connectivity index (χ1) is 11.4. The first-order valence-electron chi connectivity index (χ1n) is 8.78. The van der Waals surface area contributed by atoms with Gasteiger partial charge in [0.25, 0.3) is 0 Å². The molecule has 1 aliphatic heterocycles. The third-order valence-electron chi connectivity index (χ3n) is 4.57. The number of benzene rings is 2. The Morgan fingerprint density at radius 2 is 1.57 bits per heavy atom. The van der Waals surface area contributed by atoms with Crippen molar-refractivity contribution in [3.63, 3.8) is 0 Å². The highest BCUT2D eigenvalue weighted by Gasteiger charge is 2.18. The molecule has 2 heteroatoms. The van der Waals surface area contributed by atoms with E-state index in [0.29, 0.717) is 5.92 Å². The number of rotatable bonds is 6. The highest BCUT2D eigenvalue weighted by molar-refractivity contribution is 5.14. The maximum Gasteiger partial charge on any atom is 0.0717 e. The van der Waals surface area contributed by atoms with Gasteiger partial charge in [0.05, 0.1) is 13.2 Å². The van der Waals surface area contributed by atoms with Crippen molar-refractivity contribution < 1.29 is 4.74 Å². The summed E-state index contributed by atoms with van der Waals surface area (Å²) in [6, 6.07) is 21.3. The van der Waals surface area contributed by atoms with E-state index in [1.54, 1.807) is 0 Å². The molecular weight excluding hydrogens is 282 g/mol. The van der Waals surface area contributed by atoms with Crippen LogP contribution in [0.2, 0.25) is 0 Å². The molecule has 1 unspecified atom stereocenters. The van der Waals surface area contributed by atoms with Crippen LogP contribution in [0.3, 0.4) is 0 Å². The molecule has 1 saturated heterocycles. The maximum atomic E-state index is 5.99. The van der Waals surface area contributed by atoms with Gasteiger partial charge in [-0.2, -0.15) is 0 Å². The van der Waals surface area contributed by atoms with Gasteiger partial charge in [0.15, 0.2) is 0 Å². The fraction of sp³-hybridized carbons (Fsp3) is 0.429. The molecule has 2 nitrogen and oxygen atoms in total. The van der Waals surface area contributed by atoms with E-state index in [9.17, 15) is 0 Å². The van der Waals surface area contributed by atoms with E-state index in [1.165, 1.54) is 36.9 Å². The molecule has 0 N–H and O–H groups in total. The number of likely N-dealkylation sites (tertiary alicyclic amines) is 1. The second-order valence-electron chi connectivity index (χ2n) is 6.58. The van der Waals surface area contributed by atoms with Crippen LogP contribution in [0.4, 0.5) is 0 Å². The molecule has 0 saturated carbocycles. The molecule has 0 spiro atoms. The molecule has 1 heterocycles. The SMILES string of the molecule is c1ccc(COCC2CCCCN(Cc3ccccc3)C2)cc1. The molecule has 0 amide bonds. The van der Waals surface area contributed by atoms with E-state index in [0.717, 1.165) is 26.3 Å². The summed E-state index contributed by atoms with van der Waals surface area (Å²) in [4.78, 5) is 2.60. The molecule has 0 radical (unpaired) electrons. The Kier molecular flexibility index (Phi) is 6.25. The zero-order valence-electron chi connectivity index (χ0n) is 13.9. The molecule has 1 aliphatic rings. The minimum absolute atomic E-state index is 0.657. The van der Waals surface area contributed by atoms with E-state index >= 15 is 0 Å². The third-order valence-corrected chi connectivity index (χ3v) is 4.57. The van der Waals surface area contributed by atoms with Crippen LogP contribution in [0.15, 0.2) is 60.7 Å². The van der Waals surface area contributed by atoms with Crippen LogP contribution in [0, 0.1) is 5.92 Å². The average Bonchev–Trinajstić information content (AvgIpc) is 2.82. The maximum absolute atomic E-state index is 5.99. The summed E-state index contributed by atoms with van der Waals surface area (Å²) in [6.45, 7) is 5.04. The molecular formula is C21H27NO. The van der Waals surface area contributed by atoms with Gasteiger partial charge in [-0.15, -0.1) is 0 Å². The molecule has 3 rings (SSSR count). The van der Waals surface area contributed by atoms with Gasteiger partial charge < -0.3 is 4.74 Å². The van der Waals surface area contributed by atoms with Crippen molar-refractivity contribution in [3.05, 3.63) is 71.8 Å². The highest BCUT2D eigenvalue weighted by atomic mass is 16.5. The Labute approximate surface area is 140 Å². The Morgan fingerprint density at radius 3 is 2.30 bits per heavy atom. The van der Waals surface area contributed by atoms with Crippen molar-refractivity contribution in [1.82, 2.24) is 4.90 Å². The molecule has 1 fully saturated rings. The predicted octanol–water partition coefficient (Wildman–Crippen LogP) is 4.51. The van der Waals surface area contributed by atoms with Gasteiger partial charge in [-0.3, -0.25) is 4.90 Å².